The summed E-state index contributed by atoms with van der Waals surface area (Å²) in [6, 6.07) is 10.4. The summed E-state index contributed by atoms with van der Waals surface area (Å²) in [6.45, 7) is 3.62. The van der Waals surface area contributed by atoms with Crippen molar-refractivity contribution in [3.05, 3.63) is 36.0 Å². The monoisotopic (exact) mass is 259 g/mol. The standard InChI is InChI=1S/C14H17N3O2/c18-14(19)17-7-5-16(6-8-17)10-12-9-11-3-1-2-4-13(11)15-12/h1-4,9,15H,5-8,10H2,(H,18,19). The first-order valence-electron chi connectivity index (χ1n) is 6.49. The van der Waals surface area contributed by atoms with Gasteiger partial charge >= 0.3 is 6.09 Å². The maximum Gasteiger partial charge on any atom is 0.407 e. The number of para-hydroxylation sites is 1. The van der Waals surface area contributed by atoms with Crippen molar-refractivity contribution >= 4 is 17.0 Å². The normalized spacial score (nSPS) is 16.9. The number of aromatic nitrogens is 1. The van der Waals surface area contributed by atoms with Crippen LogP contribution in [0.5, 0.6) is 0 Å². The average Bonchev–Trinajstić information content (AvgIpc) is 2.81. The van der Waals surface area contributed by atoms with Crippen LogP contribution in [0.15, 0.2) is 30.3 Å². The van der Waals surface area contributed by atoms with Crippen LogP contribution in [0, 0.1) is 0 Å². The molecular weight excluding hydrogens is 242 g/mol. The molecule has 2 heterocycles. The number of carbonyl (C=O) groups is 1. The van der Waals surface area contributed by atoms with E-state index < -0.39 is 6.09 Å². The first kappa shape index (κ1) is 12.0. The zero-order valence-electron chi connectivity index (χ0n) is 10.7. The van der Waals surface area contributed by atoms with Crippen molar-refractivity contribution in [3.63, 3.8) is 0 Å². The Morgan fingerprint density at radius 1 is 1.21 bits per heavy atom. The van der Waals surface area contributed by atoms with E-state index in [1.165, 1.54) is 16.0 Å². The number of H-pyrrole nitrogens is 1. The molecule has 1 aromatic heterocycles. The van der Waals surface area contributed by atoms with Crippen molar-refractivity contribution in [2.75, 3.05) is 26.2 Å². The quantitative estimate of drug-likeness (QED) is 0.866. The van der Waals surface area contributed by atoms with E-state index in [0.29, 0.717) is 13.1 Å². The van der Waals surface area contributed by atoms with E-state index in [9.17, 15) is 4.79 Å². The first-order valence-corrected chi connectivity index (χ1v) is 6.49. The van der Waals surface area contributed by atoms with Gasteiger partial charge in [0.1, 0.15) is 0 Å². The predicted molar refractivity (Wildman–Crippen MR) is 73.2 cm³/mol. The second kappa shape index (κ2) is 4.93. The molecule has 1 aliphatic rings. The number of hydrogen-bond acceptors (Lipinski definition) is 2. The van der Waals surface area contributed by atoms with Crippen molar-refractivity contribution in [1.82, 2.24) is 14.8 Å². The van der Waals surface area contributed by atoms with Gasteiger partial charge in [-0.15, -0.1) is 0 Å². The van der Waals surface area contributed by atoms with Crippen LogP contribution in [0.1, 0.15) is 5.69 Å². The van der Waals surface area contributed by atoms with Crippen molar-refractivity contribution in [2.45, 2.75) is 6.54 Å². The Morgan fingerprint density at radius 2 is 1.95 bits per heavy atom. The SMILES string of the molecule is O=C(O)N1CCN(Cc2cc3ccccc3[nH]2)CC1. The molecule has 19 heavy (non-hydrogen) atoms. The lowest BCUT2D eigenvalue weighted by Gasteiger charge is -2.32. The van der Waals surface area contributed by atoms with Gasteiger partial charge < -0.3 is 15.0 Å². The van der Waals surface area contributed by atoms with Crippen LogP contribution in [-0.4, -0.2) is 52.2 Å². The Bertz CT molecular complexity index is 552. The lowest BCUT2D eigenvalue weighted by Crippen LogP contribution is -2.47. The van der Waals surface area contributed by atoms with Crippen molar-refractivity contribution in [3.8, 4) is 0 Å². The summed E-state index contributed by atoms with van der Waals surface area (Å²) in [7, 11) is 0. The van der Waals surface area contributed by atoms with Crippen LogP contribution < -0.4 is 0 Å². The Labute approximate surface area is 111 Å². The lowest BCUT2D eigenvalue weighted by molar-refractivity contribution is 0.102. The number of amides is 1. The molecule has 1 aromatic carbocycles. The molecule has 0 unspecified atom stereocenters. The fourth-order valence-corrected chi connectivity index (χ4v) is 2.56. The van der Waals surface area contributed by atoms with Crippen molar-refractivity contribution < 1.29 is 9.90 Å². The second-order valence-corrected chi connectivity index (χ2v) is 4.93. The predicted octanol–water partition coefficient (Wildman–Crippen LogP) is 1.96. The number of nitrogens with zero attached hydrogens (tertiary/aromatic N) is 2. The van der Waals surface area contributed by atoms with Gasteiger partial charge in [-0.3, -0.25) is 4.90 Å². The molecule has 0 aliphatic carbocycles. The number of benzene rings is 1. The molecule has 3 rings (SSSR count). The first-order chi connectivity index (χ1) is 9.22. The summed E-state index contributed by atoms with van der Waals surface area (Å²) in [5.41, 5.74) is 2.34. The van der Waals surface area contributed by atoms with E-state index in [0.717, 1.165) is 25.2 Å². The third-order valence-electron chi connectivity index (χ3n) is 3.62. The Kier molecular flexibility index (Phi) is 3.13. The van der Waals surface area contributed by atoms with Crippen LogP contribution in [0.4, 0.5) is 4.79 Å². The van der Waals surface area contributed by atoms with Crippen LogP contribution in [0.3, 0.4) is 0 Å². The third-order valence-corrected chi connectivity index (χ3v) is 3.62. The number of rotatable bonds is 2. The van der Waals surface area contributed by atoms with Crippen molar-refractivity contribution in [1.29, 1.82) is 0 Å². The Balaban J connectivity index is 1.64. The zero-order chi connectivity index (χ0) is 13.2. The highest BCUT2D eigenvalue weighted by molar-refractivity contribution is 5.80. The van der Waals surface area contributed by atoms with Crippen LogP contribution >= 0.6 is 0 Å². The molecule has 1 saturated heterocycles. The summed E-state index contributed by atoms with van der Waals surface area (Å²) in [5, 5.41) is 10.1. The van der Waals surface area contributed by atoms with Gasteiger partial charge in [0, 0.05) is 43.9 Å². The highest BCUT2D eigenvalue weighted by Gasteiger charge is 2.20. The van der Waals surface area contributed by atoms with Crippen molar-refractivity contribution in [2.24, 2.45) is 0 Å². The number of fused-ring (bicyclic) bond motifs is 1. The molecule has 0 bridgehead atoms. The molecule has 0 spiro atoms. The van der Waals surface area contributed by atoms with Gasteiger partial charge in [-0.25, -0.2) is 4.79 Å². The van der Waals surface area contributed by atoms with Crippen LogP contribution in [-0.2, 0) is 6.54 Å². The van der Waals surface area contributed by atoms with Crippen LogP contribution in [0.2, 0.25) is 0 Å². The number of piperazine rings is 1. The zero-order valence-corrected chi connectivity index (χ0v) is 10.7. The number of nitrogens with one attached hydrogen (secondary N) is 1. The summed E-state index contributed by atoms with van der Waals surface area (Å²) in [6.07, 6.45) is -0.815. The summed E-state index contributed by atoms with van der Waals surface area (Å²) in [5.74, 6) is 0. The van der Waals surface area contributed by atoms with Gasteiger partial charge in [0.25, 0.3) is 0 Å². The minimum Gasteiger partial charge on any atom is -0.465 e. The molecule has 5 heteroatoms. The average molecular weight is 259 g/mol. The molecule has 0 radical (unpaired) electrons. The van der Waals surface area contributed by atoms with E-state index >= 15 is 0 Å². The topological polar surface area (TPSA) is 59.6 Å². The van der Waals surface area contributed by atoms with E-state index in [2.05, 4.69) is 28.1 Å². The third kappa shape index (κ3) is 2.56. The van der Waals surface area contributed by atoms with Gasteiger partial charge in [-0.1, -0.05) is 18.2 Å². The molecule has 0 atom stereocenters. The molecule has 1 fully saturated rings. The highest BCUT2D eigenvalue weighted by atomic mass is 16.4. The van der Waals surface area contributed by atoms with Gasteiger partial charge in [-0.2, -0.15) is 0 Å². The van der Waals surface area contributed by atoms with Gasteiger partial charge in [0.15, 0.2) is 0 Å². The lowest BCUT2D eigenvalue weighted by atomic mass is 10.2. The largest absolute Gasteiger partial charge is 0.465 e. The summed E-state index contributed by atoms with van der Waals surface area (Å²) < 4.78 is 0. The second-order valence-electron chi connectivity index (χ2n) is 4.93. The smallest absolute Gasteiger partial charge is 0.407 e. The van der Waals surface area contributed by atoms with E-state index in [1.807, 2.05) is 12.1 Å². The molecule has 2 N–H and O–H groups in total. The number of carboxylic acid groups (broad SMARTS) is 1. The number of aromatic amines is 1. The fourth-order valence-electron chi connectivity index (χ4n) is 2.56. The molecule has 100 valence electrons. The molecule has 1 aliphatic heterocycles. The summed E-state index contributed by atoms with van der Waals surface area (Å²) >= 11 is 0. The summed E-state index contributed by atoms with van der Waals surface area (Å²) in [4.78, 5) is 18.0. The number of hydrogen-bond donors (Lipinski definition) is 2. The molecule has 5 nitrogen and oxygen atoms in total. The highest BCUT2D eigenvalue weighted by Crippen LogP contribution is 2.16. The Hall–Kier alpha value is -2.01. The maximum absolute atomic E-state index is 10.8. The molecule has 1 amide bonds. The van der Waals surface area contributed by atoms with Crippen LogP contribution in [0.25, 0.3) is 10.9 Å². The molecule has 0 saturated carbocycles. The molecular formula is C14H17N3O2. The Morgan fingerprint density at radius 3 is 2.63 bits per heavy atom. The van der Waals surface area contributed by atoms with Gasteiger partial charge in [-0.05, 0) is 17.5 Å². The minimum atomic E-state index is -0.815. The fraction of sp³-hybridized carbons (Fsp3) is 0.357. The van der Waals surface area contributed by atoms with E-state index in [-0.39, 0.29) is 0 Å². The van der Waals surface area contributed by atoms with Gasteiger partial charge in [0.05, 0.1) is 0 Å². The van der Waals surface area contributed by atoms with E-state index in [1.54, 1.807) is 0 Å². The van der Waals surface area contributed by atoms with E-state index in [4.69, 9.17) is 5.11 Å². The molecule has 2 aromatic rings. The maximum atomic E-state index is 10.8. The van der Waals surface area contributed by atoms with Gasteiger partial charge in [0.2, 0.25) is 0 Å². The minimum absolute atomic E-state index is 0.593.